The number of carbonyl (C=O) groups excluding carboxylic acids is 2. The fourth-order valence-electron chi connectivity index (χ4n) is 1.82. The average Bonchev–Trinajstić information content (AvgIpc) is 2.57. The van der Waals surface area contributed by atoms with E-state index in [-0.39, 0.29) is 11.1 Å². The highest BCUT2D eigenvalue weighted by Gasteiger charge is 2.35. The highest BCUT2D eigenvalue weighted by molar-refractivity contribution is 8.18. The Morgan fingerprint density at radius 3 is 2.68 bits per heavy atom. The van der Waals surface area contributed by atoms with Crippen molar-refractivity contribution in [2.45, 2.75) is 6.92 Å². The summed E-state index contributed by atoms with van der Waals surface area (Å²) >= 11 is 0.996. The molecule has 0 unspecified atom stereocenters. The lowest BCUT2D eigenvalue weighted by Crippen LogP contribution is -2.36. The van der Waals surface area contributed by atoms with Gasteiger partial charge in [-0.15, -0.1) is 0 Å². The Labute approximate surface area is 117 Å². The van der Waals surface area contributed by atoms with Crippen LogP contribution in [0.3, 0.4) is 0 Å². The van der Waals surface area contributed by atoms with Gasteiger partial charge in [0.05, 0.1) is 11.6 Å². The Balaban J connectivity index is 2.23. The molecule has 19 heavy (non-hydrogen) atoms. The molecule has 100 valence electrons. The zero-order valence-corrected chi connectivity index (χ0v) is 12.0. The molecule has 1 aromatic rings. The van der Waals surface area contributed by atoms with Gasteiger partial charge in [0.2, 0.25) is 0 Å². The molecule has 1 saturated heterocycles. The molecule has 0 aliphatic carbocycles. The molecular weight excluding hydrogens is 260 g/mol. The second-order valence-corrected chi connectivity index (χ2v) is 5.74. The molecule has 0 atom stereocenters. The van der Waals surface area contributed by atoms with E-state index in [1.54, 1.807) is 11.0 Å². The summed E-state index contributed by atoms with van der Waals surface area (Å²) in [4.78, 5) is 27.5. The molecular formula is C14H16N2O2S. The fourth-order valence-corrected chi connectivity index (χ4v) is 2.65. The van der Waals surface area contributed by atoms with Crippen LogP contribution in [0, 0.1) is 6.92 Å². The number of benzene rings is 1. The molecule has 1 aromatic carbocycles. The Hall–Kier alpha value is -1.59. The quantitative estimate of drug-likeness (QED) is 0.796. The number of imide groups is 1. The van der Waals surface area contributed by atoms with E-state index in [9.17, 15) is 9.59 Å². The van der Waals surface area contributed by atoms with E-state index >= 15 is 0 Å². The van der Waals surface area contributed by atoms with Crippen LogP contribution in [0.15, 0.2) is 29.2 Å². The summed E-state index contributed by atoms with van der Waals surface area (Å²) in [6.45, 7) is 2.31. The smallest absolute Gasteiger partial charge is 0.292 e. The second kappa shape index (κ2) is 5.59. The molecule has 5 heteroatoms. The predicted molar refractivity (Wildman–Crippen MR) is 77.5 cm³/mol. The minimum atomic E-state index is -0.217. The van der Waals surface area contributed by atoms with E-state index in [4.69, 9.17) is 0 Å². The van der Waals surface area contributed by atoms with E-state index in [0.29, 0.717) is 11.6 Å². The van der Waals surface area contributed by atoms with Crippen molar-refractivity contribution in [2.24, 2.45) is 0 Å². The van der Waals surface area contributed by atoms with Crippen molar-refractivity contribution in [3.8, 4) is 0 Å². The van der Waals surface area contributed by atoms with Crippen molar-refractivity contribution in [3.63, 3.8) is 0 Å². The van der Waals surface area contributed by atoms with Gasteiger partial charge in [0.25, 0.3) is 11.1 Å². The maximum atomic E-state index is 12.1. The highest BCUT2D eigenvalue weighted by Crippen LogP contribution is 2.32. The van der Waals surface area contributed by atoms with Gasteiger partial charge in [-0.1, -0.05) is 29.8 Å². The van der Waals surface area contributed by atoms with Gasteiger partial charge in [-0.3, -0.25) is 19.4 Å². The second-order valence-electron chi connectivity index (χ2n) is 4.74. The van der Waals surface area contributed by atoms with E-state index in [0.717, 1.165) is 22.9 Å². The van der Waals surface area contributed by atoms with Gasteiger partial charge in [-0.05, 0) is 44.4 Å². The number of amides is 2. The topological polar surface area (TPSA) is 40.6 Å². The highest BCUT2D eigenvalue weighted by atomic mass is 32.2. The lowest BCUT2D eigenvalue weighted by Gasteiger charge is -2.17. The zero-order chi connectivity index (χ0) is 14.0. The molecule has 2 rings (SSSR count). The third-order valence-electron chi connectivity index (χ3n) is 2.64. The first-order chi connectivity index (χ1) is 8.97. The summed E-state index contributed by atoms with van der Waals surface area (Å²) in [6, 6.07) is 7.84. The first kappa shape index (κ1) is 13.8. The monoisotopic (exact) mass is 276 g/mol. The molecule has 1 aliphatic heterocycles. The number of carbonyl (C=O) groups is 2. The molecule has 0 saturated carbocycles. The summed E-state index contributed by atoms with van der Waals surface area (Å²) in [6.07, 6.45) is 1.77. The summed E-state index contributed by atoms with van der Waals surface area (Å²) in [7, 11) is 3.65. The number of hydrogen-bond acceptors (Lipinski definition) is 4. The summed E-state index contributed by atoms with van der Waals surface area (Å²) < 4.78 is 0. The molecule has 1 heterocycles. The first-order valence-corrected chi connectivity index (χ1v) is 6.76. The number of hydrogen-bond donors (Lipinski definition) is 0. The molecule has 0 radical (unpaired) electrons. The van der Waals surface area contributed by atoms with Crippen LogP contribution in [0.2, 0.25) is 0 Å². The van der Waals surface area contributed by atoms with Crippen molar-refractivity contribution in [1.29, 1.82) is 0 Å². The molecule has 0 aromatic heterocycles. The summed E-state index contributed by atoms with van der Waals surface area (Å²) in [5.74, 6) is -0.217. The van der Waals surface area contributed by atoms with Gasteiger partial charge in [-0.25, -0.2) is 0 Å². The van der Waals surface area contributed by atoms with Crippen LogP contribution in [-0.2, 0) is 4.79 Å². The van der Waals surface area contributed by atoms with Crippen LogP contribution in [0.25, 0.3) is 6.08 Å². The minimum Gasteiger partial charge on any atom is -0.292 e. The molecule has 1 aliphatic rings. The van der Waals surface area contributed by atoms with Crippen molar-refractivity contribution in [3.05, 3.63) is 40.3 Å². The molecule has 2 amide bonds. The third kappa shape index (κ3) is 3.24. The number of aryl methyl sites for hydroxylation is 1. The Bertz CT molecular complexity index is 552. The summed E-state index contributed by atoms with van der Waals surface area (Å²) in [5, 5.41) is -0.211. The lowest BCUT2D eigenvalue weighted by atomic mass is 10.1. The summed E-state index contributed by atoms with van der Waals surface area (Å²) in [5.41, 5.74) is 2.07. The van der Waals surface area contributed by atoms with E-state index in [2.05, 4.69) is 0 Å². The van der Waals surface area contributed by atoms with Crippen LogP contribution >= 0.6 is 11.8 Å². The molecule has 0 spiro atoms. The van der Waals surface area contributed by atoms with Gasteiger partial charge >= 0.3 is 0 Å². The molecule has 1 fully saturated rings. The Kier molecular flexibility index (Phi) is 4.07. The van der Waals surface area contributed by atoms with E-state index < -0.39 is 0 Å². The maximum absolute atomic E-state index is 12.1. The maximum Gasteiger partial charge on any atom is 0.294 e. The minimum absolute atomic E-state index is 0.211. The SMILES string of the molecule is Cc1cccc(C=C2SC(=O)N(CN(C)C)C2=O)c1. The molecule has 0 bridgehead atoms. The van der Waals surface area contributed by atoms with Crippen molar-refractivity contribution < 1.29 is 9.59 Å². The van der Waals surface area contributed by atoms with Crippen molar-refractivity contribution in [1.82, 2.24) is 9.80 Å². The van der Waals surface area contributed by atoms with Crippen LogP contribution in [0.5, 0.6) is 0 Å². The third-order valence-corrected chi connectivity index (χ3v) is 3.55. The van der Waals surface area contributed by atoms with Crippen LogP contribution in [0.1, 0.15) is 11.1 Å². The Morgan fingerprint density at radius 1 is 1.32 bits per heavy atom. The molecule has 0 N–H and O–H groups in total. The fraction of sp³-hybridized carbons (Fsp3) is 0.286. The van der Waals surface area contributed by atoms with Gasteiger partial charge in [0.15, 0.2) is 0 Å². The predicted octanol–water partition coefficient (Wildman–Crippen LogP) is 2.55. The molecule has 4 nitrogen and oxygen atoms in total. The van der Waals surface area contributed by atoms with Crippen LogP contribution in [-0.4, -0.2) is 41.7 Å². The first-order valence-electron chi connectivity index (χ1n) is 5.94. The van der Waals surface area contributed by atoms with Crippen molar-refractivity contribution in [2.75, 3.05) is 20.8 Å². The lowest BCUT2D eigenvalue weighted by molar-refractivity contribution is -0.123. The van der Waals surface area contributed by atoms with Gasteiger partial charge in [0.1, 0.15) is 0 Å². The van der Waals surface area contributed by atoms with Gasteiger partial charge < -0.3 is 0 Å². The van der Waals surface area contributed by atoms with E-state index in [1.807, 2.05) is 45.3 Å². The van der Waals surface area contributed by atoms with Crippen molar-refractivity contribution >= 4 is 29.0 Å². The average molecular weight is 276 g/mol. The van der Waals surface area contributed by atoms with Crippen LogP contribution < -0.4 is 0 Å². The standard InChI is InChI=1S/C14H16N2O2S/c1-10-5-4-6-11(7-10)8-12-13(17)16(9-15(2)3)14(18)19-12/h4-8H,9H2,1-3H3. The largest absolute Gasteiger partial charge is 0.294 e. The normalized spacial score (nSPS) is 17.9. The van der Waals surface area contributed by atoms with E-state index in [1.165, 1.54) is 4.90 Å². The van der Waals surface area contributed by atoms with Gasteiger partial charge in [-0.2, -0.15) is 0 Å². The van der Waals surface area contributed by atoms with Gasteiger partial charge in [0, 0.05) is 0 Å². The van der Waals surface area contributed by atoms with Crippen LogP contribution in [0.4, 0.5) is 4.79 Å². The number of rotatable bonds is 3. The zero-order valence-electron chi connectivity index (χ0n) is 11.2. The number of nitrogens with zero attached hydrogens (tertiary/aromatic N) is 2. The number of thioether (sulfide) groups is 1. The Morgan fingerprint density at radius 2 is 2.05 bits per heavy atom.